The number of benzene rings is 2. The highest BCUT2D eigenvalue weighted by atomic mass is 16.6. The SMILES string of the molecule is CN(C[C@@H](NC(=O)CCC(=O)O)c1ccccc1)C(=O)[C@@](C)(Cc1c[nH]c2ccccc12)NC(=O)O[C@@H]1C[C@H]2CCC1(C)C2(C)C. The third-order valence-electron chi connectivity index (χ3n) is 10.9. The molecule has 4 N–H and O–H groups in total. The summed E-state index contributed by atoms with van der Waals surface area (Å²) in [5.74, 6) is -1.36. The smallest absolute Gasteiger partial charge is 0.408 e. The van der Waals surface area contributed by atoms with E-state index in [1.54, 1.807) is 14.0 Å². The molecule has 3 amide bonds. The highest BCUT2D eigenvalue weighted by Gasteiger charge is 2.63. The van der Waals surface area contributed by atoms with Crippen molar-refractivity contribution in [1.82, 2.24) is 20.5 Å². The van der Waals surface area contributed by atoms with Gasteiger partial charge in [-0.25, -0.2) is 4.79 Å². The number of rotatable bonds is 12. The number of alkyl carbamates (subject to hydrolysis) is 1. The van der Waals surface area contributed by atoms with Crippen molar-refractivity contribution in [3.05, 3.63) is 71.9 Å². The maximum Gasteiger partial charge on any atom is 0.408 e. The molecule has 10 nitrogen and oxygen atoms in total. The Morgan fingerprint density at radius 2 is 1.76 bits per heavy atom. The standard InChI is InChI=1S/C36H46N4O6/c1-34(2)25-17-18-35(34,3)29(19-25)46-33(45)39-36(4,20-24-21-37-27-14-10-9-13-26(24)27)32(44)40(5)22-28(23-11-7-6-8-12-23)38-30(41)15-16-31(42)43/h6-14,21,25,28-29,37H,15-20,22H2,1-5H3,(H,38,41)(H,39,45)(H,42,43)/t25-,28-,29-,35?,36-/m1/s1. The summed E-state index contributed by atoms with van der Waals surface area (Å²) in [5.41, 5.74) is 1.10. The predicted octanol–water partition coefficient (Wildman–Crippen LogP) is 5.59. The Hall–Kier alpha value is -4.34. The Labute approximate surface area is 270 Å². The molecular formula is C36H46N4O6. The first kappa shape index (κ1) is 33.0. The van der Waals surface area contributed by atoms with Gasteiger partial charge in [0.1, 0.15) is 11.6 Å². The van der Waals surface area contributed by atoms with Gasteiger partial charge >= 0.3 is 12.1 Å². The number of carboxylic acids is 1. The molecule has 2 aliphatic carbocycles. The fraction of sp³-hybridized carbons (Fsp3) is 0.500. The molecule has 0 radical (unpaired) electrons. The minimum absolute atomic E-state index is 0.0582. The van der Waals surface area contributed by atoms with Gasteiger partial charge in [0.2, 0.25) is 11.8 Å². The summed E-state index contributed by atoms with van der Waals surface area (Å²) in [7, 11) is 1.64. The Kier molecular flexibility index (Phi) is 9.20. The van der Waals surface area contributed by atoms with Crippen LogP contribution in [0.4, 0.5) is 4.79 Å². The number of amides is 3. The van der Waals surface area contributed by atoms with Crippen LogP contribution in [-0.4, -0.2) is 64.1 Å². The maximum absolute atomic E-state index is 14.4. The van der Waals surface area contributed by atoms with Crippen molar-refractivity contribution in [2.24, 2.45) is 16.7 Å². The zero-order valence-electron chi connectivity index (χ0n) is 27.4. The van der Waals surface area contributed by atoms with E-state index in [9.17, 15) is 19.2 Å². The third kappa shape index (κ3) is 6.48. The number of aromatic nitrogens is 1. The van der Waals surface area contributed by atoms with Gasteiger partial charge in [-0.05, 0) is 54.7 Å². The van der Waals surface area contributed by atoms with Gasteiger partial charge in [0.25, 0.3) is 0 Å². The lowest BCUT2D eigenvalue weighted by molar-refractivity contribution is -0.139. The summed E-state index contributed by atoms with van der Waals surface area (Å²) in [4.78, 5) is 56.6. The largest absolute Gasteiger partial charge is 0.481 e. The average Bonchev–Trinajstić information content (AvgIpc) is 3.58. The molecule has 3 aromatic rings. The molecule has 46 heavy (non-hydrogen) atoms. The van der Waals surface area contributed by atoms with Crippen LogP contribution in [0.2, 0.25) is 0 Å². The number of aromatic amines is 1. The quantitative estimate of drug-likeness (QED) is 0.206. The van der Waals surface area contributed by atoms with Crippen molar-refractivity contribution < 1.29 is 29.0 Å². The molecule has 2 fully saturated rings. The molecule has 0 saturated heterocycles. The molecule has 1 unspecified atom stereocenters. The summed E-state index contributed by atoms with van der Waals surface area (Å²) in [6.07, 6.45) is 3.65. The molecule has 5 atom stereocenters. The topological polar surface area (TPSA) is 141 Å². The normalized spacial score (nSPS) is 23.3. The highest BCUT2D eigenvalue weighted by molar-refractivity contribution is 5.91. The van der Waals surface area contributed by atoms with E-state index in [0.717, 1.165) is 41.3 Å². The molecule has 0 spiro atoms. The lowest BCUT2D eigenvalue weighted by Gasteiger charge is -2.39. The summed E-state index contributed by atoms with van der Waals surface area (Å²) in [6, 6.07) is 16.4. The zero-order chi connectivity index (χ0) is 33.3. The first-order valence-corrected chi connectivity index (χ1v) is 16.1. The van der Waals surface area contributed by atoms with Gasteiger partial charge in [0.05, 0.1) is 12.5 Å². The van der Waals surface area contributed by atoms with Crippen molar-refractivity contribution >= 4 is 34.8 Å². The number of para-hydroxylation sites is 1. The average molecular weight is 631 g/mol. The monoisotopic (exact) mass is 630 g/mol. The van der Waals surface area contributed by atoms with E-state index in [4.69, 9.17) is 9.84 Å². The first-order valence-electron chi connectivity index (χ1n) is 16.1. The van der Waals surface area contributed by atoms with Gasteiger partial charge in [-0.2, -0.15) is 0 Å². The number of fused-ring (bicyclic) bond motifs is 3. The number of ether oxygens (including phenoxy) is 1. The number of carbonyl (C=O) groups excluding carboxylic acids is 3. The second-order valence-electron chi connectivity index (χ2n) is 14.1. The highest BCUT2D eigenvalue weighted by Crippen LogP contribution is 2.66. The number of carboxylic acid groups (broad SMARTS) is 1. The summed E-state index contributed by atoms with van der Waals surface area (Å²) < 4.78 is 6.13. The van der Waals surface area contributed by atoms with E-state index in [2.05, 4.69) is 36.4 Å². The predicted molar refractivity (Wildman–Crippen MR) is 175 cm³/mol. The van der Waals surface area contributed by atoms with Crippen LogP contribution in [0.25, 0.3) is 10.9 Å². The van der Waals surface area contributed by atoms with Crippen LogP contribution in [0.3, 0.4) is 0 Å². The summed E-state index contributed by atoms with van der Waals surface area (Å²) >= 11 is 0. The van der Waals surface area contributed by atoms with Crippen molar-refractivity contribution in [3.8, 4) is 0 Å². The number of nitrogens with one attached hydrogen (secondary N) is 3. The Balaban J connectivity index is 1.38. The van der Waals surface area contributed by atoms with Crippen molar-refractivity contribution in [2.45, 2.75) is 83.9 Å². The molecule has 1 aromatic heterocycles. The van der Waals surface area contributed by atoms with Crippen LogP contribution < -0.4 is 10.6 Å². The van der Waals surface area contributed by atoms with Crippen LogP contribution >= 0.6 is 0 Å². The van der Waals surface area contributed by atoms with E-state index >= 15 is 0 Å². The summed E-state index contributed by atoms with van der Waals surface area (Å²) in [6.45, 7) is 8.53. The second kappa shape index (κ2) is 12.8. The van der Waals surface area contributed by atoms with Gasteiger partial charge in [-0.3, -0.25) is 14.4 Å². The molecule has 246 valence electrons. The number of aliphatic carboxylic acids is 1. The van der Waals surface area contributed by atoms with Crippen LogP contribution in [0.1, 0.15) is 77.0 Å². The van der Waals surface area contributed by atoms with Gasteiger partial charge in [-0.1, -0.05) is 69.3 Å². The number of hydrogen-bond acceptors (Lipinski definition) is 5. The molecule has 2 aromatic carbocycles. The van der Waals surface area contributed by atoms with E-state index in [0.29, 0.717) is 5.92 Å². The van der Waals surface area contributed by atoms with E-state index in [1.807, 2.05) is 60.8 Å². The Bertz CT molecular complexity index is 1600. The van der Waals surface area contributed by atoms with E-state index in [1.165, 1.54) is 4.90 Å². The van der Waals surface area contributed by atoms with E-state index < -0.39 is 29.6 Å². The number of carbonyl (C=O) groups is 4. The zero-order valence-corrected chi connectivity index (χ0v) is 27.4. The minimum atomic E-state index is -1.39. The fourth-order valence-electron chi connectivity index (χ4n) is 7.71. The van der Waals surface area contributed by atoms with Crippen LogP contribution in [-0.2, 0) is 25.5 Å². The molecule has 2 bridgehead atoms. The number of likely N-dealkylation sites (N-methyl/N-ethyl adjacent to an activating group) is 1. The molecule has 1 heterocycles. The fourth-order valence-corrected chi connectivity index (χ4v) is 7.71. The number of nitrogens with zero attached hydrogens (tertiary/aromatic N) is 1. The lowest BCUT2D eigenvalue weighted by Crippen LogP contribution is -2.60. The maximum atomic E-state index is 14.4. The molecule has 2 saturated carbocycles. The third-order valence-corrected chi connectivity index (χ3v) is 10.9. The summed E-state index contributed by atoms with van der Waals surface area (Å²) in [5, 5.41) is 15.9. The van der Waals surface area contributed by atoms with Gasteiger partial charge in [0.15, 0.2) is 0 Å². The van der Waals surface area contributed by atoms with Gasteiger partial charge < -0.3 is 30.4 Å². The molecule has 10 heteroatoms. The van der Waals surface area contributed by atoms with Crippen LogP contribution in [0, 0.1) is 16.7 Å². The first-order chi connectivity index (χ1) is 21.7. The van der Waals surface area contributed by atoms with Gasteiger partial charge in [-0.15, -0.1) is 0 Å². The van der Waals surface area contributed by atoms with Gasteiger partial charge in [0, 0.05) is 48.9 Å². The second-order valence-corrected chi connectivity index (χ2v) is 14.1. The Morgan fingerprint density at radius 3 is 2.41 bits per heavy atom. The molecule has 0 aliphatic heterocycles. The molecule has 5 rings (SSSR count). The van der Waals surface area contributed by atoms with E-state index in [-0.39, 0.29) is 48.6 Å². The number of H-pyrrole nitrogens is 1. The molecular weight excluding hydrogens is 584 g/mol. The minimum Gasteiger partial charge on any atom is -0.481 e. The lowest BCUT2D eigenvalue weighted by atomic mass is 9.70. The Morgan fingerprint density at radius 1 is 1.07 bits per heavy atom. The number of hydrogen-bond donors (Lipinski definition) is 4. The molecule has 2 aliphatic rings. The van der Waals surface area contributed by atoms with Crippen molar-refractivity contribution in [1.29, 1.82) is 0 Å². The van der Waals surface area contributed by atoms with Crippen LogP contribution in [0.5, 0.6) is 0 Å². The van der Waals surface area contributed by atoms with Crippen molar-refractivity contribution in [3.63, 3.8) is 0 Å². The van der Waals surface area contributed by atoms with Crippen molar-refractivity contribution in [2.75, 3.05) is 13.6 Å². The van der Waals surface area contributed by atoms with Crippen LogP contribution in [0.15, 0.2) is 60.8 Å².